The largest absolute Gasteiger partial charge is 0.328 e. The number of hydrogen-bond acceptors (Lipinski definition) is 2. The summed E-state index contributed by atoms with van der Waals surface area (Å²) in [4.78, 5) is 0. The van der Waals surface area contributed by atoms with Gasteiger partial charge in [0.1, 0.15) is 0 Å². The van der Waals surface area contributed by atoms with Crippen LogP contribution >= 0.6 is 0 Å². The molecule has 1 saturated carbocycles. The first-order valence-electron chi connectivity index (χ1n) is 3.73. The van der Waals surface area contributed by atoms with E-state index in [0.29, 0.717) is 18.0 Å². The summed E-state index contributed by atoms with van der Waals surface area (Å²) in [5, 5.41) is 0. The summed E-state index contributed by atoms with van der Waals surface area (Å²) in [7, 11) is 0. The molecule has 3 atom stereocenters. The lowest BCUT2D eigenvalue weighted by molar-refractivity contribution is 0.410. The van der Waals surface area contributed by atoms with Crippen molar-refractivity contribution in [3.05, 3.63) is 0 Å². The van der Waals surface area contributed by atoms with E-state index in [4.69, 9.17) is 11.5 Å². The topological polar surface area (TPSA) is 52.0 Å². The standard InChI is InChI=1S/C7H16N2/c1-5(8)6-3-2-4-7(6)9/h5-7H,2-4,8-9H2,1H3. The maximum Gasteiger partial charge on any atom is 0.00818 e. The molecule has 1 fully saturated rings. The second-order valence-electron chi connectivity index (χ2n) is 3.12. The normalized spacial score (nSPS) is 39.0. The minimum atomic E-state index is 0.294. The van der Waals surface area contributed by atoms with E-state index < -0.39 is 0 Å². The highest BCUT2D eigenvalue weighted by molar-refractivity contribution is 4.84. The fraction of sp³-hybridized carbons (Fsp3) is 1.00. The molecule has 9 heavy (non-hydrogen) atoms. The van der Waals surface area contributed by atoms with Gasteiger partial charge < -0.3 is 11.5 Å². The first kappa shape index (κ1) is 7.03. The molecular weight excluding hydrogens is 112 g/mol. The summed E-state index contributed by atoms with van der Waals surface area (Å²) in [5.41, 5.74) is 11.5. The van der Waals surface area contributed by atoms with E-state index in [0.717, 1.165) is 0 Å². The molecule has 3 unspecified atom stereocenters. The Morgan fingerprint density at radius 1 is 1.44 bits per heavy atom. The molecule has 4 N–H and O–H groups in total. The Balaban J connectivity index is 2.40. The maximum absolute atomic E-state index is 5.80. The summed E-state index contributed by atoms with van der Waals surface area (Å²) < 4.78 is 0. The van der Waals surface area contributed by atoms with Crippen molar-refractivity contribution in [2.24, 2.45) is 17.4 Å². The van der Waals surface area contributed by atoms with Crippen LogP contribution in [0.15, 0.2) is 0 Å². The molecule has 1 rings (SSSR count). The Labute approximate surface area is 56.6 Å². The Bertz CT molecular complexity index is 90.9. The third kappa shape index (κ3) is 1.43. The maximum atomic E-state index is 5.80. The monoisotopic (exact) mass is 128 g/mol. The van der Waals surface area contributed by atoms with Gasteiger partial charge >= 0.3 is 0 Å². The van der Waals surface area contributed by atoms with Gasteiger partial charge in [-0.05, 0) is 25.7 Å². The number of rotatable bonds is 1. The molecule has 54 valence electrons. The Kier molecular flexibility index (Phi) is 2.09. The van der Waals surface area contributed by atoms with Crippen LogP contribution in [0.2, 0.25) is 0 Å². The van der Waals surface area contributed by atoms with Gasteiger partial charge in [0.25, 0.3) is 0 Å². The number of hydrogen-bond donors (Lipinski definition) is 2. The molecular formula is C7H16N2. The molecule has 0 spiro atoms. The molecule has 0 aliphatic heterocycles. The van der Waals surface area contributed by atoms with E-state index in [1.54, 1.807) is 0 Å². The SMILES string of the molecule is CC(N)C1CCCC1N. The fourth-order valence-corrected chi connectivity index (χ4v) is 1.67. The zero-order chi connectivity index (χ0) is 6.85. The summed E-state index contributed by atoms with van der Waals surface area (Å²) >= 11 is 0. The highest BCUT2D eigenvalue weighted by atomic mass is 14.7. The molecule has 0 bridgehead atoms. The summed E-state index contributed by atoms with van der Waals surface area (Å²) in [6.07, 6.45) is 3.68. The molecule has 0 aromatic heterocycles. The van der Waals surface area contributed by atoms with Gasteiger partial charge in [-0.1, -0.05) is 6.42 Å². The average molecular weight is 128 g/mol. The van der Waals surface area contributed by atoms with Crippen molar-refractivity contribution in [3.8, 4) is 0 Å². The molecule has 0 saturated heterocycles. The highest BCUT2D eigenvalue weighted by Crippen LogP contribution is 2.25. The van der Waals surface area contributed by atoms with Crippen LogP contribution in [-0.2, 0) is 0 Å². The minimum absolute atomic E-state index is 0.294. The van der Waals surface area contributed by atoms with Crippen molar-refractivity contribution in [2.75, 3.05) is 0 Å². The van der Waals surface area contributed by atoms with Gasteiger partial charge in [0.2, 0.25) is 0 Å². The van der Waals surface area contributed by atoms with Crippen molar-refractivity contribution in [2.45, 2.75) is 38.3 Å². The molecule has 2 nitrogen and oxygen atoms in total. The highest BCUT2D eigenvalue weighted by Gasteiger charge is 2.26. The average Bonchev–Trinajstić information content (AvgIpc) is 2.13. The Morgan fingerprint density at radius 3 is 2.33 bits per heavy atom. The van der Waals surface area contributed by atoms with Gasteiger partial charge in [0, 0.05) is 12.1 Å². The van der Waals surface area contributed by atoms with Crippen LogP contribution in [0.5, 0.6) is 0 Å². The quantitative estimate of drug-likeness (QED) is 0.539. The van der Waals surface area contributed by atoms with E-state index in [1.807, 2.05) is 0 Å². The van der Waals surface area contributed by atoms with Gasteiger partial charge in [-0.3, -0.25) is 0 Å². The fourth-order valence-electron chi connectivity index (χ4n) is 1.67. The van der Waals surface area contributed by atoms with Crippen molar-refractivity contribution in [1.29, 1.82) is 0 Å². The van der Waals surface area contributed by atoms with Gasteiger partial charge in [0.15, 0.2) is 0 Å². The number of nitrogens with two attached hydrogens (primary N) is 2. The van der Waals surface area contributed by atoms with Gasteiger partial charge in [-0.25, -0.2) is 0 Å². The second-order valence-corrected chi connectivity index (χ2v) is 3.12. The van der Waals surface area contributed by atoms with Crippen molar-refractivity contribution in [3.63, 3.8) is 0 Å². The zero-order valence-corrected chi connectivity index (χ0v) is 6.01. The lowest BCUT2D eigenvalue weighted by atomic mass is 9.97. The van der Waals surface area contributed by atoms with Gasteiger partial charge in [-0.15, -0.1) is 0 Å². The van der Waals surface area contributed by atoms with Crippen LogP contribution < -0.4 is 11.5 Å². The lowest BCUT2D eigenvalue weighted by Gasteiger charge is -2.18. The van der Waals surface area contributed by atoms with Gasteiger partial charge in [-0.2, -0.15) is 0 Å². The van der Waals surface area contributed by atoms with Crippen molar-refractivity contribution >= 4 is 0 Å². The lowest BCUT2D eigenvalue weighted by Crippen LogP contribution is -2.36. The smallest absolute Gasteiger partial charge is 0.00818 e. The molecule has 0 heterocycles. The summed E-state index contributed by atoms with van der Waals surface area (Å²) in [6, 6.07) is 0.674. The van der Waals surface area contributed by atoms with E-state index in [2.05, 4.69) is 6.92 Å². The van der Waals surface area contributed by atoms with Crippen LogP contribution in [0.4, 0.5) is 0 Å². The first-order chi connectivity index (χ1) is 4.22. The third-order valence-corrected chi connectivity index (χ3v) is 2.30. The van der Waals surface area contributed by atoms with E-state index in [1.165, 1.54) is 19.3 Å². The van der Waals surface area contributed by atoms with Crippen molar-refractivity contribution in [1.82, 2.24) is 0 Å². The predicted molar refractivity (Wildman–Crippen MR) is 39.0 cm³/mol. The first-order valence-corrected chi connectivity index (χ1v) is 3.73. The molecule has 1 aliphatic rings. The van der Waals surface area contributed by atoms with Crippen LogP contribution in [0.25, 0.3) is 0 Å². The van der Waals surface area contributed by atoms with Crippen LogP contribution in [0.1, 0.15) is 26.2 Å². The molecule has 0 aromatic carbocycles. The Morgan fingerprint density at radius 2 is 2.11 bits per heavy atom. The van der Waals surface area contributed by atoms with Crippen LogP contribution in [0.3, 0.4) is 0 Å². The predicted octanol–water partition coefficient (Wildman–Crippen LogP) is 0.461. The van der Waals surface area contributed by atoms with E-state index >= 15 is 0 Å². The van der Waals surface area contributed by atoms with Crippen LogP contribution in [-0.4, -0.2) is 12.1 Å². The van der Waals surface area contributed by atoms with E-state index in [-0.39, 0.29) is 0 Å². The molecule has 2 heteroatoms. The molecule has 0 aromatic rings. The van der Waals surface area contributed by atoms with E-state index in [9.17, 15) is 0 Å². The Hall–Kier alpha value is -0.0800. The minimum Gasteiger partial charge on any atom is -0.328 e. The molecule has 0 radical (unpaired) electrons. The second kappa shape index (κ2) is 2.67. The zero-order valence-electron chi connectivity index (χ0n) is 6.01. The molecule has 1 aliphatic carbocycles. The summed E-state index contributed by atoms with van der Waals surface area (Å²) in [6.45, 7) is 2.05. The van der Waals surface area contributed by atoms with Crippen LogP contribution in [0, 0.1) is 5.92 Å². The third-order valence-electron chi connectivity index (χ3n) is 2.30. The summed E-state index contributed by atoms with van der Waals surface area (Å²) in [5.74, 6) is 0.588. The molecule has 0 amide bonds. The van der Waals surface area contributed by atoms with Gasteiger partial charge in [0.05, 0.1) is 0 Å². The van der Waals surface area contributed by atoms with Crippen molar-refractivity contribution < 1.29 is 0 Å².